The topological polar surface area (TPSA) is 90.9 Å². The van der Waals surface area contributed by atoms with E-state index < -0.39 is 0 Å². The Morgan fingerprint density at radius 1 is 1.28 bits per heavy atom. The number of H-pyrrole nitrogens is 1. The second-order valence-electron chi connectivity index (χ2n) is 8.67. The number of imidazole rings is 1. The molecule has 1 fully saturated rings. The Morgan fingerprint density at radius 3 is 2.84 bits per heavy atom. The van der Waals surface area contributed by atoms with E-state index in [4.69, 9.17) is 0 Å². The molecule has 1 aliphatic carbocycles. The van der Waals surface area contributed by atoms with Gasteiger partial charge in [0.2, 0.25) is 5.91 Å². The monoisotopic (exact) mass is 449 g/mol. The SMILES string of the molecule is CC(C)CC(=O)Nc1ccc(SN2C=C(Nc3cc(C4CC4)[nH]n3)n3ccnc3C2)cc1. The molecule has 1 amide bonds. The molecule has 3 heterocycles. The molecule has 8 nitrogen and oxygen atoms in total. The number of hydrogen-bond acceptors (Lipinski definition) is 6. The molecular formula is C23H27N7OS. The Kier molecular flexibility index (Phi) is 5.65. The minimum Gasteiger partial charge on any atom is -0.326 e. The Balaban J connectivity index is 1.27. The van der Waals surface area contributed by atoms with E-state index in [1.807, 2.05) is 50.5 Å². The number of aromatic amines is 1. The lowest BCUT2D eigenvalue weighted by Crippen LogP contribution is -2.23. The number of nitrogens with zero attached hydrogens (tertiary/aromatic N) is 4. The average molecular weight is 450 g/mol. The van der Waals surface area contributed by atoms with Crippen molar-refractivity contribution in [1.29, 1.82) is 0 Å². The van der Waals surface area contributed by atoms with Crippen LogP contribution in [0.2, 0.25) is 0 Å². The van der Waals surface area contributed by atoms with Crippen LogP contribution >= 0.6 is 11.9 Å². The number of aromatic nitrogens is 4. The fourth-order valence-electron chi connectivity index (χ4n) is 3.66. The van der Waals surface area contributed by atoms with E-state index in [0.717, 1.165) is 28.0 Å². The first-order valence-electron chi connectivity index (χ1n) is 10.9. The first-order chi connectivity index (χ1) is 15.5. The van der Waals surface area contributed by atoms with Gasteiger partial charge in [0, 0.05) is 47.1 Å². The van der Waals surface area contributed by atoms with Crippen molar-refractivity contribution in [2.75, 3.05) is 10.6 Å². The molecule has 3 aromatic rings. The lowest BCUT2D eigenvalue weighted by Gasteiger charge is -2.26. The van der Waals surface area contributed by atoms with E-state index in [1.54, 1.807) is 11.9 Å². The molecule has 3 N–H and O–H groups in total. The number of nitrogens with one attached hydrogen (secondary N) is 3. The number of amides is 1. The maximum absolute atomic E-state index is 12.0. The van der Waals surface area contributed by atoms with Gasteiger partial charge in [-0.1, -0.05) is 13.8 Å². The van der Waals surface area contributed by atoms with Gasteiger partial charge in [0.05, 0.1) is 12.7 Å². The molecule has 0 spiro atoms. The van der Waals surface area contributed by atoms with Crippen LogP contribution < -0.4 is 10.6 Å². The van der Waals surface area contributed by atoms with Crippen molar-refractivity contribution in [3.8, 4) is 0 Å². The average Bonchev–Trinajstić information content (AvgIpc) is 3.30. The lowest BCUT2D eigenvalue weighted by molar-refractivity contribution is -0.116. The zero-order valence-electron chi connectivity index (χ0n) is 18.2. The van der Waals surface area contributed by atoms with Gasteiger partial charge in [0.15, 0.2) is 5.82 Å². The highest BCUT2D eigenvalue weighted by Crippen LogP contribution is 2.39. The molecular weight excluding hydrogens is 422 g/mol. The summed E-state index contributed by atoms with van der Waals surface area (Å²) in [5.74, 6) is 3.69. The maximum Gasteiger partial charge on any atom is 0.224 e. The summed E-state index contributed by atoms with van der Waals surface area (Å²) in [5, 5.41) is 13.9. The summed E-state index contributed by atoms with van der Waals surface area (Å²) in [5.41, 5.74) is 2.01. The fourth-order valence-corrected chi connectivity index (χ4v) is 4.52. The van der Waals surface area contributed by atoms with Crippen LogP contribution in [-0.2, 0) is 11.3 Å². The number of anilines is 2. The second kappa shape index (κ2) is 8.74. The predicted octanol–water partition coefficient (Wildman–Crippen LogP) is 4.86. The number of carbonyl (C=O) groups is 1. The van der Waals surface area contributed by atoms with Crippen molar-refractivity contribution in [3.63, 3.8) is 0 Å². The summed E-state index contributed by atoms with van der Waals surface area (Å²) in [6.07, 6.45) is 8.84. The van der Waals surface area contributed by atoms with Crippen LogP contribution in [0.4, 0.5) is 11.5 Å². The highest BCUT2D eigenvalue weighted by Gasteiger charge is 2.26. The van der Waals surface area contributed by atoms with Gasteiger partial charge in [-0.15, -0.1) is 0 Å². The molecule has 2 aromatic heterocycles. The quantitative estimate of drug-likeness (QED) is 0.426. The Morgan fingerprint density at radius 2 is 2.09 bits per heavy atom. The van der Waals surface area contributed by atoms with Crippen LogP contribution in [0.3, 0.4) is 0 Å². The van der Waals surface area contributed by atoms with Crippen molar-refractivity contribution in [3.05, 3.63) is 60.4 Å². The summed E-state index contributed by atoms with van der Waals surface area (Å²) < 4.78 is 4.20. The van der Waals surface area contributed by atoms with E-state index in [0.29, 0.717) is 24.8 Å². The predicted molar refractivity (Wildman–Crippen MR) is 127 cm³/mol. The van der Waals surface area contributed by atoms with Crippen LogP contribution in [0, 0.1) is 5.92 Å². The third-order valence-electron chi connectivity index (χ3n) is 5.37. The van der Waals surface area contributed by atoms with Gasteiger partial charge < -0.3 is 14.9 Å². The van der Waals surface area contributed by atoms with E-state index in [2.05, 4.69) is 47.0 Å². The van der Waals surface area contributed by atoms with E-state index >= 15 is 0 Å². The summed E-state index contributed by atoms with van der Waals surface area (Å²) in [4.78, 5) is 17.6. The molecule has 1 aliphatic heterocycles. The van der Waals surface area contributed by atoms with Gasteiger partial charge >= 0.3 is 0 Å². The number of rotatable bonds is 8. The molecule has 0 saturated heterocycles. The standard InChI is InChI=1S/C23H27N7OS/c1-15(2)11-23(31)25-17-5-7-18(8-6-17)32-29-13-21-24-9-10-30(21)22(14-29)26-20-12-19(27-28-20)16-3-4-16/h5-10,12,14-16H,3-4,11,13H2,1-2H3,(H,25,31)(H2,26,27,28). The third-order valence-corrected chi connectivity index (χ3v) is 6.32. The largest absolute Gasteiger partial charge is 0.326 e. The van der Waals surface area contributed by atoms with Gasteiger partial charge in [-0.3, -0.25) is 14.5 Å². The van der Waals surface area contributed by atoms with Gasteiger partial charge in [-0.2, -0.15) is 5.10 Å². The molecule has 5 rings (SSSR count). The summed E-state index contributed by atoms with van der Waals surface area (Å²) in [7, 11) is 0. The van der Waals surface area contributed by atoms with Crippen LogP contribution in [0.5, 0.6) is 0 Å². The minimum atomic E-state index is 0.0464. The highest BCUT2D eigenvalue weighted by molar-refractivity contribution is 7.97. The van der Waals surface area contributed by atoms with Gasteiger partial charge in [0.25, 0.3) is 0 Å². The molecule has 1 aromatic carbocycles. The second-order valence-corrected chi connectivity index (χ2v) is 9.80. The third kappa shape index (κ3) is 4.83. The highest BCUT2D eigenvalue weighted by atomic mass is 32.2. The van der Waals surface area contributed by atoms with Crippen molar-refractivity contribution >= 4 is 35.2 Å². The first kappa shape index (κ1) is 20.7. The fraction of sp³-hybridized carbons (Fsp3) is 0.348. The minimum absolute atomic E-state index is 0.0464. The van der Waals surface area contributed by atoms with Gasteiger partial charge in [-0.25, -0.2) is 4.98 Å². The first-order valence-corrected chi connectivity index (χ1v) is 11.7. The normalized spacial score (nSPS) is 15.5. The molecule has 0 bridgehead atoms. The van der Waals surface area contributed by atoms with Crippen LogP contribution in [-0.4, -0.2) is 30.0 Å². The molecule has 0 radical (unpaired) electrons. The molecule has 1 saturated carbocycles. The Hall–Kier alpha value is -3.20. The van der Waals surface area contributed by atoms with Crippen molar-refractivity contribution in [2.24, 2.45) is 5.92 Å². The number of fused-ring (bicyclic) bond motifs is 1. The molecule has 32 heavy (non-hydrogen) atoms. The molecule has 0 atom stereocenters. The van der Waals surface area contributed by atoms with Crippen LogP contribution in [0.25, 0.3) is 5.82 Å². The maximum atomic E-state index is 12.0. The van der Waals surface area contributed by atoms with E-state index in [9.17, 15) is 4.79 Å². The summed E-state index contributed by atoms with van der Waals surface area (Å²) >= 11 is 1.63. The zero-order chi connectivity index (χ0) is 22.1. The molecule has 0 unspecified atom stereocenters. The smallest absolute Gasteiger partial charge is 0.224 e. The van der Waals surface area contributed by atoms with Gasteiger partial charge in [0.1, 0.15) is 11.6 Å². The van der Waals surface area contributed by atoms with Crippen molar-refractivity contribution in [2.45, 2.75) is 50.5 Å². The van der Waals surface area contributed by atoms with E-state index in [-0.39, 0.29) is 5.91 Å². The van der Waals surface area contributed by atoms with Crippen LogP contribution in [0.1, 0.15) is 50.5 Å². The van der Waals surface area contributed by atoms with Crippen LogP contribution in [0.15, 0.2) is 53.8 Å². The van der Waals surface area contributed by atoms with Crippen molar-refractivity contribution in [1.82, 2.24) is 24.1 Å². The van der Waals surface area contributed by atoms with Crippen molar-refractivity contribution < 1.29 is 4.79 Å². The van der Waals surface area contributed by atoms with E-state index in [1.165, 1.54) is 18.5 Å². The molecule has 9 heteroatoms. The molecule has 2 aliphatic rings. The Bertz CT molecular complexity index is 1130. The lowest BCUT2D eigenvalue weighted by atomic mass is 10.1. The number of carbonyl (C=O) groups excluding carboxylic acids is 1. The summed E-state index contributed by atoms with van der Waals surface area (Å²) in [6.45, 7) is 4.76. The number of hydrogen-bond donors (Lipinski definition) is 3. The zero-order valence-corrected chi connectivity index (χ0v) is 19.0. The molecule has 166 valence electrons. The van der Waals surface area contributed by atoms with Gasteiger partial charge in [-0.05, 0) is 55.0 Å². The summed E-state index contributed by atoms with van der Waals surface area (Å²) in [6, 6.07) is 10.0. The Labute approximate surface area is 191 Å². The number of benzene rings is 1.